The molecule has 1 fully saturated rings. The third-order valence-electron chi connectivity index (χ3n) is 3.35. The van der Waals surface area contributed by atoms with E-state index in [-0.39, 0.29) is 5.78 Å². The average molecular weight is 244 g/mol. The van der Waals surface area contributed by atoms with Gasteiger partial charge in [0.25, 0.3) is 0 Å². The Hall–Kier alpha value is -1.90. The molecule has 0 aliphatic carbocycles. The number of Topliss-reactive ketones (excluding diaryl/α,β-unsaturated/α-hetero) is 1. The number of hydrogen-bond donors (Lipinski definition) is 0. The summed E-state index contributed by atoms with van der Waals surface area (Å²) in [6.45, 7) is 5.22. The highest BCUT2D eigenvalue weighted by atomic mass is 16.6. The van der Waals surface area contributed by atoms with Crippen LogP contribution in [0.15, 0.2) is 43.0 Å². The summed E-state index contributed by atoms with van der Waals surface area (Å²) in [5, 5.41) is 0. The van der Waals surface area contributed by atoms with Crippen molar-refractivity contribution in [3.8, 4) is 0 Å². The first-order chi connectivity index (χ1) is 8.58. The van der Waals surface area contributed by atoms with Gasteiger partial charge < -0.3 is 4.74 Å². The summed E-state index contributed by atoms with van der Waals surface area (Å²) in [6.07, 6.45) is 1.70. The SMILES string of the molecule is C=CC[C@]1(C)C(=O)O[C@@H](Cc2ccccc2)C1=O. The van der Waals surface area contributed by atoms with E-state index in [2.05, 4.69) is 6.58 Å². The molecule has 3 heteroatoms. The van der Waals surface area contributed by atoms with E-state index >= 15 is 0 Å². The molecule has 1 aliphatic rings. The van der Waals surface area contributed by atoms with E-state index in [0.29, 0.717) is 12.8 Å². The Morgan fingerprint density at radius 1 is 1.33 bits per heavy atom. The third-order valence-corrected chi connectivity index (χ3v) is 3.35. The van der Waals surface area contributed by atoms with Crippen LogP contribution in [0.4, 0.5) is 0 Å². The molecule has 2 rings (SSSR count). The molecule has 0 unspecified atom stereocenters. The molecule has 0 bridgehead atoms. The normalized spacial score (nSPS) is 27.1. The number of cyclic esters (lactones) is 1. The Balaban J connectivity index is 2.16. The molecule has 1 heterocycles. The monoisotopic (exact) mass is 244 g/mol. The van der Waals surface area contributed by atoms with Crippen LogP contribution in [0.25, 0.3) is 0 Å². The number of carbonyl (C=O) groups excluding carboxylic acids is 2. The smallest absolute Gasteiger partial charge is 0.320 e. The zero-order valence-corrected chi connectivity index (χ0v) is 10.4. The first-order valence-electron chi connectivity index (χ1n) is 5.98. The minimum absolute atomic E-state index is 0.142. The Labute approximate surface area is 106 Å². The van der Waals surface area contributed by atoms with Crippen molar-refractivity contribution in [2.45, 2.75) is 25.9 Å². The number of carbonyl (C=O) groups is 2. The summed E-state index contributed by atoms with van der Waals surface area (Å²) >= 11 is 0. The fraction of sp³-hybridized carbons (Fsp3) is 0.333. The van der Waals surface area contributed by atoms with Crippen molar-refractivity contribution in [1.29, 1.82) is 0 Å². The van der Waals surface area contributed by atoms with Gasteiger partial charge in [0.1, 0.15) is 5.41 Å². The third kappa shape index (κ3) is 2.08. The number of esters is 1. The van der Waals surface area contributed by atoms with Crippen molar-refractivity contribution in [2.75, 3.05) is 0 Å². The standard InChI is InChI=1S/C15H16O3/c1-3-9-15(2)13(16)12(18-14(15)17)10-11-7-5-4-6-8-11/h3-8,12H,1,9-10H2,2H3/t12-,15-/m0/s1. The number of allylic oxidation sites excluding steroid dienone is 1. The molecule has 0 aromatic heterocycles. The Bertz CT molecular complexity index is 478. The van der Waals surface area contributed by atoms with Gasteiger partial charge in [-0.1, -0.05) is 36.4 Å². The van der Waals surface area contributed by atoms with Crippen LogP contribution >= 0.6 is 0 Å². The fourth-order valence-electron chi connectivity index (χ4n) is 2.20. The van der Waals surface area contributed by atoms with Gasteiger partial charge in [-0.05, 0) is 18.9 Å². The van der Waals surface area contributed by atoms with Crippen molar-refractivity contribution in [1.82, 2.24) is 0 Å². The van der Waals surface area contributed by atoms with Crippen LogP contribution in [0.2, 0.25) is 0 Å². The van der Waals surface area contributed by atoms with Crippen LogP contribution in [0.5, 0.6) is 0 Å². The lowest BCUT2D eigenvalue weighted by Gasteiger charge is -2.14. The lowest BCUT2D eigenvalue weighted by atomic mass is 9.81. The van der Waals surface area contributed by atoms with E-state index in [1.165, 1.54) is 0 Å². The van der Waals surface area contributed by atoms with Gasteiger partial charge in [0.15, 0.2) is 11.9 Å². The molecule has 1 saturated heterocycles. The van der Waals surface area contributed by atoms with Crippen LogP contribution < -0.4 is 0 Å². The van der Waals surface area contributed by atoms with Crippen LogP contribution in [0.3, 0.4) is 0 Å². The summed E-state index contributed by atoms with van der Waals surface area (Å²) in [5.74, 6) is -0.579. The summed E-state index contributed by atoms with van der Waals surface area (Å²) in [6, 6.07) is 9.56. The van der Waals surface area contributed by atoms with Gasteiger partial charge in [-0.3, -0.25) is 9.59 Å². The van der Waals surface area contributed by atoms with Crippen molar-refractivity contribution in [2.24, 2.45) is 5.41 Å². The summed E-state index contributed by atoms with van der Waals surface area (Å²) in [5.41, 5.74) is -0.0622. The Morgan fingerprint density at radius 2 is 2.00 bits per heavy atom. The quantitative estimate of drug-likeness (QED) is 0.464. The van der Waals surface area contributed by atoms with Crippen molar-refractivity contribution < 1.29 is 14.3 Å². The molecule has 2 atom stereocenters. The minimum Gasteiger partial charge on any atom is -0.453 e. The maximum atomic E-state index is 12.2. The van der Waals surface area contributed by atoms with Gasteiger partial charge in [-0.2, -0.15) is 0 Å². The van der Waals surface area contributed by atoms with Crippen LogP contribution in [0, 0.1) is 5.41 Å². The van der Waals surface area contributed by atoms with Crippen molar-refractivity contribution >= 4 is 11.8 Å². The molecule has 1 aliphatic heterocycles. The Kier molecular flexibility index (Phi) is 3.32. The molecular weight excluding hydrogens is 228 g/mol. The van der Waals surface area contributed by atoms with Crippen LogP contribution in [0.1, 0.15) is 18.9 Å². The second-order valence-electron chi connectivity index (χ2n) is 4.77. The molecule has 94 valence electrons. The highest BCUT2D eigenvalue weighted by Crippen LogP contribution is 2.35. The highest BCUT2D eigenvalue weighted by molar-refractivity contribution is 6.10. The van der Waals surface area contributed by atoms with E-state index in [4.69, 9.17) is 4.74 Å². The lowest BCUT2D eigenvalue weighted by Crippen LogP contribution is -2.32. The molecule has 1 aromatic carbocycles. The maximum Gasteiger partial charge on any atom is 0.320 e. The summed E-state index contributed by atoms with van der Waals surface area (Å²) in [4.78, 5) is 24.0. The highest BCUT2D eigenvalue weighted by Gasteiger charge is 2.52. The number of rotatable bonds is 4. The number of benzene rings is 1. The molecule has 0 amide bonds. The molecule has 0 N–H and O–H groups in total. The molecule has 3 nitrogen and oxygen atoms in total. The molecule has 18 heavy (non-hydrogen) atoms. The summed E-state index contributed by atoms with van der Waals surface area (Å²) in [7, 11) is 0. The van der Waals surface area contributed by atoms with Crippen molar-refractivity contribution in [3.05, 3.63) is 48.6 Å². The predicted octanol–water partition coefficient (Wildman–Crippen LogP) is 2.31. The van der Waals surface area contributed by atoms with Gasteiger partial charge in [-0.25, -0.2) is 0 Å². The second-order valence-corrected chi connectivity index (χ2v) is 4.77. The minimum atomic E-state index is -1.05. The maximum absolute atomic E-state index is 12.2. The van der Waals surface area contributed by atoms with E-state index in [1.807, 2.05) is 30.3 Å². The van der Waals surface area contributed by atoms with Crippen LogP contribution in [-0.4, -0.2) is 17.9 Å². The molecule has 0 radical (unpaired) electrons. The number of ether oxygens (including phenoxy) is 1. The zero-order valence-electron chi connectivity index (χ0n) is 10.4. The van der Waals surface area contributed by atoms with Crippen molar-refractivity contribution in [3.63, 3.8) is 0 Å². The molecular formula is C15H16O3. The second kappa shape index (κ2) is 4.77. The Morgan fingerprint density at radius 3 is 2.61 bits per heavy atom. The van der Waals surface area contributed by atoms with E-state index in [9.17, 15) is 9.59 Å². The molecule has 1 aromatic rings. The fourth-order valence-corrected chi connectivity index (χ4v) is 2.20. The predicted molar refractivity (Wildman–Crippen MR) is 68.0 cm³/mol. The van der Waals surface area contributed by atoms with Gasteiger partial charge in [0, 0.05) is 6.42 Å². The van der Waals surface area contributed by atoms with Gasteiger partial charge in [0.05, 0.1) is 0 Å². The number of hydrogen-bond acceptors (Lipinski definition) is 3. The lowest BCUT2D eigenvalue weighted by molar-refractivity contribution is -0.148. The van der Waals surface area contributed by atoms with E-state index in [1.54, 1.807) is 13.0 Å². The zero-order chi connectivity index (χ0) is 13.2. The first-order valence-corrected chi connectivity index (χ1v) is 5.98. The van der Waals surface area contributed by atoms with Gasteiger partial charge in [-0.15, -0.1) is 6.58 Å². The van der Waals surface area contributed by atoms with Gasteiger partial charge >= 0.3 is 5.97 Å². The number of ketones is 1. The van der Waals surface area contributed by atoms with E-state index in [0.717, 1.165) is 5.56 Å². The molecule has 0 saturated carbocycles. The van der Waals surface area contributed by atoms with Crippen LogP contribution in [-0.2, 0) is 20.7 Å². The topological polar surface area (TPSA) is 43.4 Å². The largest absolute Gasteiger partial charge is 0.453 e. The van der Waals surface area contributed by atoms with Gasteiger partial charge in [0.2, 0.25) is 0 Å². The van der Waals surface area contributed by atoms with E-state index < -0.39 is 17.5 Å². The first kappa shape index (κ1) is 12.6. The average Bonchev–Trinajstić information content (AvgIpc) is 2.56. The summed E-state index contributed by atoms with van der Waals surface area (Å²) < 4.78 is 5.21. The molecule has 0 spiro atoms.